The summed E-state index contributed by atoms with van der Waals surface area (Å²) in [7, 11) is 0. The van der Waals surface area contributed by atoms with E-state index in [-0.39, 0.29) is 18.6 Å². The first-order chi connectivity index (χ1) is 7.72. The number of nitrogen functional groups attached to an aromatic ring is 1. The largest absolute Gasteiger partial charge is 0.399 e. The Labute approximate surface area is 94.7 Å². The van der Waals surface area contributed by atoms with E-state index in [2.05, 4.69) is 0 Å². The SMILES string of the molecule is Nc1ccc(C(=O)N2CCC[C@H]2CO)cc1. The number of amides is 1. The van der Waals surface area contributed by atoms with E-state index in [1.165, 1.54) is 0 Å². The quantitative estimate of drug-likeness (QED) is 0.727. The van der Waals surface area contributed by atoms with Crippen molar-refractivity contribution in [2.45, 2.75) is 18.9 Å². The van der Waals surface area contributed by atoms with Crippen LogP contribution in [0.5, 0.6) is 0 Å². The van der Waals surface area contributed by atoms with Gasteiger partial charge in [0.15, 0.2) is 0 Å². The number of carbonyl (C=O) groups excluding carboxylic acids is 1. The Morgan fingerprint density at radius 3 is 2.75 bits per heavy atom. The smallest absolute Gasteiger partial charge is 0.254 e. The van der Waals surface area contributed by atoms with Gasteiger partial charge in [-0.15, -0.1) is 0 Å². The van der Waals surface area contributed by atoms with Gasteiger partial charge in [-0.1, -0.05) is 0 Å². The van der Waals surface area contributed by atoms with Crippen LogP contribution in [0.15, 0.2) is 24.3 Å². The van der Waals surface area contributed by atoms with Gasteiger partial charge in [-0.05, 0) is 37.1 Å². The zero-order valence-electron chi connectivity index (χ0n) is 9.10. The average molecular weight is 220 g/mol. The molecule has 0 bridgehead atoms. The van der Waals surface area contributed by atoms with E-state index in [4.69, 9.17) is 10.8 Å². The molecule has 1 heterocycles. The van der Waals surface area contributed by atoms with Gasteiger partial charge in [-0.3, -0.25) is 4.79 Å². The fourth-order valence-corrected chi connectivity index (χ4v) is 2.08. The minimum absolute atomic E-state index is 0.0171. The van der Waals surface area contributed by atoms with Gasteiger partial charge in [-0.25, -0.2) is 0 Å². The Bertz CT molecular complexity index is 375. The van der Waals surface area contributed by atoms with Crippen molar-refractivity contribution in [3.63, 3.8) is 0 Å². The monoisotopic (exact) mass is 220 g/mol. The van der Waals surface area contributed by atoms with E-state index in [0.717, 1.165) is 19.4 Å². The number of aliphatic hydroxyl groups is 1. The molecule has 16 heavy (non-hydrogen) atoms. The van der Waals surface area contributed by atoms with E-state index in [9.17, 15) is 4.79 Å². The van der Waals surface area contributed by atoms with Gasteiger partial charge >= 0.3 is 0 Å². The Morgan fingerprint density at radius 1 is 1.44 bits per heavy atom. The molecule has 1 fully saturated rings. The minimum atomic E-state index is -0.0231. The van der Waals surface area contributed by atoms with Crippen LogP contribution in [-0.2, 0) is 0 Å². The van der Waals surface area contributed by atoms with Gasteiger partial charge in [0.1, 0.15) is 0 Å². The molecule has 0 spiro atoms. The van der Waals surface area contributed by atoms with E-state index in [1.807, 2.05) is 0 Å². The molecule has 0 aromatic heterocycles. The fourth-order valence-electron chi connectivity index (χ4n) is 2.08. The minimum Gasteiger partial charge on any atom is -0.399 e. The number of hydrogen-bond acceptors (Lipinski definition) is 3. The maximum atomic E-state index is 12.1. The van der Waals surface area contributed by atoms with Crippen LogP contribution in [0.4, 0.5) is 5.69 Å². The number of hydrogen-bond donors (Lipinski definition) is 2. The number of benzene rings is 1. The first-order valence-electron chi connectivity index (χ1n) is 5.49. The van der Waals surface area contributed by atoms with Crippen LogP contribution in [-0.4, -0.2) is 35.1 Å². The van der Waals surface area contributed by atoms with Crippen LogP contribution in [0.25, 0.3) is 0 Å². The lowest BCUT2D eigenvalue weighted by Crippen LogP contribution is -2.37. The van der Waals surface area contributed by atoms with Gasteiger partial charge in [0.25, 0.3) is 5.91 Å². The van der Waals surface area contributed by atoms with E-state index in [0.29, 0.717) is 11.3 Å². The van der Waals surface area contributed by atoms with Gasteiger partial charge < -0.3 is 15.7 Å². The lowest BCUT2D eigenvalue weighted by atomic mass is 10.1. The van der Waals surface area contributed by atoms with Crippen molar-refractivity contribution in [1.29, 1.82) is 0 Å². The Kier molecular flexibility index (Phi) is 3.10. The van der Waals surface area contributed by atoms with Crippen molar-refractivity contribution in [2.24, 2.45) is 0 Å². The molecule has 1 aliphatic rings. The normalized spacial score (nSPS) is 20.1. The molecule has 1 amide bonds. The lowest BCUT2D eigenvalue weighted by molar-refractivity contribution is 0.0677. The van der Waals surface area contributed by atoms with Crippen LogP contribution >= 0.6 is 0 Å². The average Bonchev–Trinajstić information content (AvgIpc) is 2.77. The number of carbonyl (C=O) groups is 1. The van der Waals surface area contributed by atoms with Gasteiger partial charge in [0.05, 0.1) is 12.6 Å². The molecule has 2 rings (SSSR count). The summed E-state index contributed by atoms with van der Waals surface area (Å²) in [5.41, 5.74) is 6.85. The molecule has 1 aromatic carbocycles. The maximum absolute atomic E-state index is 12.1. The molecule has 1 aliphatic heterocycles. The van der Waals surface area contributed by atoms with Crippen LogP contribution in [0.3, 0.4) is 0 Å². The highest BCUT2D eigenvalue weighted by Crippen LogP contribution is 2.20. The zero-order chi connectivity index (χ0) is 11.5. The molecule has 4 heteroatoms. The third-order valence-electron chi connectivity index (χ3n) is 3.01. The number of anilines is 1. The summed E-state index contributed by atoms with van der Waals surface area (Å²) in [6, 6.07) is 6.87. The van der Waals surface area contributed by atoms with Crippen molar-refractivity contribution < 1.29 is 9.90 Å². The van der Waals surface area contributed by atoms with Crippen LogP contribution in [0.2, 0.25) is 0 Å². The number of aliphatic hydroxyl groups excluding tert-OH is 1. The topological polar surface area (TPSA) is 66.6 Å². The summed E-state index contributed by atoms with van der Waals surface area (Å²) < 4.78 is 0. The molecule has 4 nitrogen and oxygen atoms in total. The second kappa shape index (κ2) is 4.53. The first kappa shape index (κ1) is 11.0. The number of rotatable bonds is 2. The molecular formula is C12H16N2O2. The summed E-state index contributed by atoms with van der Waals surface area (Å²) in [6.07, 6.45) is 1.85. The Hall–Kier alpha value is -1.55. The molecular weight excluding hydrogens is 204 g/mol. The molecule has 0 radical (unpaired) electrons. The third-order valence-corrected chi connectivity index (χ3v) is 3.01. The van der Waals surface area contributed by atoms with Crippen LogP contribution < -0.4 is 5.73 Å². The van der Waals surface area contributed by atoms with Crippen molar-refractivity contribution in [1.82, 2.24) is 4.90 Å². The second-order valence-electron chi connectivity index (χ2n) is 4.10. The Balaban J connectivity index is 2.15. The van der Waals surface area contributed by atoms with Gasteiger partial charge in [0, 0.05) is 17.8 Å². The molecule has 1 atom stereocenters. The molecule has 3 N–H and O–H groups in total. The number of nitrogens with zero attached hydrogens (tertiary/aromatic N) is 1. The van der Waals surface area contributed by atoms with E-state index >= 15 is 0 Å². The van der Waals surface area contributed by atoms with E-state index < -0.39 is 0 Å². The molecule has 1 aromatic rings. The zero-order valence-corrected chi connectivity index (χ0v) is 9.10. The molecule has 1 saturated heterocycles. The van der Waals surface area contributed by atoms with Crippen molar-refractivity contribution >= 4 is 11.6 Å². The maximum Gasteiger partial charge on any atom is 0.254 e. The van der Waals surface area contributed by atoms with Crippen molar-refractivity contribution in [3.05, 3.63) is 29.8 Å². The fraction of sp³-hybridized carbons (Fsp3) is 0.417. The van der Waals surface area contributed by atoms with Gasteiger partial charge in [0.2, 0.25) is 0 Å². The van der Waals surface area contributed by atoms with Crippen molar-refractivity contribution in [3.8, 4) is 0 Å². The Morgan fingerprint density at radius 2 is 2.12 bits per heavy atom. The summed E-state index contributed by atoms with van der Waals surface area (Å²) in [5.74, 6) is -0.0171. The highest BCUT2D eigenvalue weighted by atomic mass is 16.3. The number of likely N-dealkylation sites (tertiary alicyclic amines) is 1. The lowest BCUT2D eigenvalue weighted by Gasteiger charge is -2.23. The summed E-state index contributed by atoms with van der Waals surface area (Å²) in [6.45, 7) is 0.773. The number of nitrogens with two attached hydrogens (primary N) is 1. The molecule has 0 saturated carbocycles. The summed E-state index contributed by atoms with van der Waals surface area (Å²) in [4.78, 5) is 13.8. The summed E-state index contributed by atoms with van der Waals surface area (Å²) >= 11 is 0. The van der Waals surface area contributed by atoms with E-state index in [1.54, 1.807) is 29.2 Å². The van der Waals surface area contributed by atoms with Crippen molar-refractivity contribution in [2.75, 3.05) is 18.9 Å². The van der Waals surface area contributed by atoms with Crippen LogP contribution in [0, 0.1) is 0 Å². The standard InChI is InChI=1S/C12H16N2O2/c13-10-5-3-9(4-6-10)12(16)14-7-1-2-11(14)8-15/h3-6,11,15H,1-2,7-8,13H2/t11-/m0/s1. The predicted molar refractivity (Wildman–Crippen MR) is 62.0 cm³/mol. The first-order valence-corrected chi connectivity index (χ1v) is 5.49. The highest BCUT2D eigenvalue weighted by Gasteiger charge is 2.28. The summed E-state index contributed by atoms with van der Waals surface area (Å²) in [5, 5.41) is 9.16. The third kappa shape index (κ3) is 2.02. The highest BCUT2D eigenvalue weighted by molar-refractivity contribution is 5.94. The second-order valence-corrected chi connectivity index (χ2v) is 4.10. The molecule has 0 aliphatic carbocycles. The van der Waals surface area contributed by atoms with Gasteiger partial charge in [-0.2, -0.15) is 0 Å². The molecule has 86 valence electrons. The molecule has 0 unspecified atom stereocenters. The van der Waals surface area contributed by atoms with Crippen LogP contribution in [0.1, 0.15) is 23.2 Å². The predicted octanol–water partition coefficient (Wildman–Crippen LogP) is 0.866.